The summed E-state index contributed by atoms with van der Waals surface area (Å²) in [5.74, 6) is -0.586. The van der Waals surface area contributed by atoms with E-state index in [1.54, 1.807) is 6.08 Å². The zero-order chi connectivity index (χ0) is 14.0. The van der Waals surface area contributed by atoms with Gasteiger partial charge in [-0.25, -0.2) is 4.79 Å². The second-order valence-corrected chi connectivity index (χ2v) is 4.40. The molecule has 0 aliphatic heterocycles. The topological polar surface area (TPSA) is 26.3 Å². The van der Waals surface area contributed by atoms with Gasteiger partial charge in [0.05, 0.1) is 12.7 Å². The van der Waals surface area contributed by atoms with Crippen molar-refractivity contribution in [3.05, 3.63) is 47.0 Å². The van der Waals surface area contributed by atoms with E-state index in [0.717, 1.165) is 25.0 Å². The minimum Gasteiger partial charge on any atom is -0.466 e. The van der Waals surface area contributed by atoms with Crippen molar-refractivity contribution in [1.82, 2.24) is 0 Å². The van der Waals surface area contributed by atoms with E-state index in [0.29, 0.717) is 11.1 Å². The minimum absolute atomic E-state index is 0.172. The molecular formula is C14H13F3O2. The molecule has 1 aromatic rings. The molecule has 1 atom stereocenters. The van der Waals surface area contributed by atoms with Crippen LogP contribution in [0.5, 0.6) is 0 Å². The first-order valence-electron chi connectivity index (χ1n) is 5.89. The molecule has 0 saturated carbocycles. The lowest BCUT2D eigenvalue weighted by atomic mass is 9.92. The molecule has 0 radical (unpaired) electrons. The summed E-state index contributed by atoms with van der Waals surface area (Å²) in [5, 5.41) is 0. The number of carbonyl (C=O) groups is 1. The highest BCUT2D eigenvalue weighted by Gasteiger charge is 2.31. The second-order valence-electron chi connectivity index (χ2n) is 4.40. The molecule has 0 aromatic heterocycles. The summed E-state index contributed by atoms with van der Waals surface area (Å²) in [7, 11) is 1.30. The number of allylic oxidation sites excluding steroid dienone is 1. The fourth-order valence-corrected chi connectivity index (χ4v) is 2.30. The fraction of sp³-hybridized carbons (Fsp3) is 0.357. The van der Waals surface area contributed by atoms with Gasteiger partial charge >= 0.3 is 12.1 Å². The van der Waals surface area contributed by atoms with E-state index in [2.05, 4.69) is 4.74 Å². The average Bonchev–Trinajstić information content (AvgIpc) is 2.86. The van der Waals surface area contributed by atoms with Crippen LogP contribution in [-0.2, 0) is 15.7 Å². The lowest BCUT2D eigenvalue weighted by Crippen LogP contribution is -2.11. The van der Waals surface area contributed by atoms with Crippen LogP contribution in [0.2, 0.25) is 0 Å². The number of rotatable bonds is 2. The van der Waals surface area contributed by atoms with Gasteiger partial charge in [0.1, 0.15) is 0 Å². The van der Waals surface area contributed by atoms with Crippen molar-refractivity contribution in [2.24, 2.45) is 0 Å². The summed E-state index contributed by atoms with van der Waals surface area (Å²) in [4.78, 5) is 11.6. The Balaban J connectivity index is 2.24. The summed E-state index contributed by atoms with van der Waals surface area (Å²) < 4.78 is 42.1. The van der Waals surface area contributed by atoms with Crippen molar-refractivity contribution in [3.8, 4) is 0 Å². The van der Waals surface area contributed by atoms with Gasteiger partial charge in [-0.15, -0.1) is 0 Å². The standard InChI is InChI=1S/C14H13F3O2/c1-19-13(18)12-4-2-3-11(12)9-5-7-10(8-6-9)14(15,16)17/h4-8,11H,2-3H2,1H3/t11-/m0/s1. The molecule has 1 aromatic carbocycles. The van der Waals surface area contributed by atoms with Gasteiger partial charge in [0, 0.05) is 11.5 Å². The molecule has 0 spiro atoms. The van der Waals surface area contributed by atoms with Gasteiger partial charge in [0.15, 0.2) is 0 Å². The van der Waals surface area contributed by atoms with E-state index in [1.165, 1.54) is 19.2 Å². The summed E-state index contributed by atoms with van der Waals surface area (Å²) in [5.41, 5.74) is 0.558. The molecule has 2 nitrogen and oxygen atoms in total. The maximum Gasteiger partial charge on any atom is 0.416 e. The number of halogens is 3. The predicted octanol–water partition coefficient (Wildman–Crippen LogP) is 3.68. The summed E-state index contributed by atoms with van der Waals surface area (Å²) in [6.45, 7) is 0. The number of hydrogen-bond donors (Lipinski definition) is 0. The first-order chi connectivity index (χ1) is 8.93. The Morgan fingerprint density at radius 3 is 2.42 bits per heavy atom. The Kier molecular flexibility index (Phi) is 3.64. The quantitative estimate of drug-likeness (QED) is 0.766. The van der Waals surface area contributed by atoms with Crippen LogP contribution in [0.25, 0.3) is 0 Å². The smallest absolute Gasteiger partial charge is 0.416 e. The number of alkyl halides is 3. The highest BCUT2D eigenvalue weighted by Crippen LogP contribution is 2.37. The largest absolute Gasteiger partial charge is 0.466 e. The fourth-order valence-electron chi connectivity index (χ4n) is 2.30. The van der Waals surface area contributed by atoms with Crippen molar-refractivity contribution >= 4 is 5.97 Å². The van der Waals surface area contributed by atoms with E-state index < -0.39 is 17.7 Å². The lowest BCUT2D eigenvalue weighted by molar-refractivity contribution is -0.138. The number of carbonyl (C=O) groups excluding carboxylic acids is 1. The molecule has 0 amide bonds. The van der Waals surface area contributed by atoms with E-state index in [-0.39, 0.29) is 5.92 Å². The molecule has 1 aliphatic carbocycles. The minimum atomic E-state index is -4.34. The van der Waals surface area contributed by atoms with Gasteiger partial charge in [0.25, 0.3) is 0 Å². The number of esters is 1. The highest BCUT2D eigenvalue weighted by molar-refractivity contribution is 5.90. The van der Waals surface area contributed by atoms with Crippen molar-refractivity contribution in [2.45, 2.75) is 24.9 Å². The Morgan fingerprint density at radius 2 is 1.89 bits per heavy atom. The van der Waals surface area contributed by atoms with E-state index in [1.807, 2.05) is 0 Å². The Bertz CT molecular complexity index is 500. The molecule has 0 saturated heterocycles. The maximum atomic E-state index is 12.5. The van der Waals surface area contributed by atoms with Crippen molar-refractivity contribution in [1.29, 1.82) is 0 Å². The van der Waals surface area contributed by atoms with Gasteiger partial charge in [-0.2, -0.15) is 13.2 Å². The Labute approximate surface area is 108 Å². The van der Waals surface area contributed by atoms with Gasteiger partial charge in [-0.3, -0.25) is 0 Å². The van der Waals surface area contributed by atoms with E-state index in [9.17, 15) is 18.0 Å². The van der Waals surface area contributed by atoms with Crippen LogP contribution in [0.15, 0.2) is 35.9 Å². The molecule has 0 N–H and O–H groups in total. The normalized spacial score (nSPS) is 19.2. The second kappa shape index (κ2) is 5.07. The van der Waals surface area contributed by atoms with E-state index in [4.69, 9.17) is 0 Å². The van der Waals surface area contributed by atoms with Crippen molar-refractivity contribution in [3.63, 3.8) is 0 Å². The number of methoxy groups -OCH3 is 1. The van der Waals surface area contributed by atoms with Gasteiger partial charge in [-0.1, -0.05) is 18.2 Å². The molecule has 2 rings (SSSR count). The number of hydrogen-bond acceptors (Lipinski definition) is 2. The lowest BCUT2D eigenvalue weighted by Gasteiger charge is -2.15. The van der Waals surface area contributed by atoms with Crippen LogP contribution in [-0.4, -0.2) is 13.1 Å². The summed E-state index contributed by atoms with van der Waals surface area (Å²) in [6.07, 6.45) is -1.10. The summed E-state index contributed by atoms with van der Waals surface area (Å²) in [6, 6.07) is 4.94. The van der Waals surface area contributed by atoms with E-state index >= 15 is 0 Å². The van der Waals surface area contributed by atoms with Crippen molar-refractivity contribution < 1.29 is 22.7 Å². The van der Waals surface area contributed by atoms with Crippen molar-refractivity contribution in [2.75, 3.05) is 7.11 Å². The van der Waals surface area contributed by atoms with Gasteiger partial charge < -0.3 is 4.74 Å². The number of benzene rings is 1. The van der Waals surface area contributed by atoms with Gasteiger partial charge in [-0.05, 0) is 30.5 Å². The zero-order valence-corrected chi connectivity index (χ0v) is 10.3. The average molecular weight is 270 g/mol. The predicted molar refractivity (Wildman–Crippen MR) is 63.5 cm³/mol. The molecule has 5 heteroatoms. The molecule has 102 valence electrons. The molecule has 0 unspecified atom stereocenters. The third-order valence-electron chi connectivity index (χ3n) is 3.26. The summed E-state index contributed by atoms with van der Waals surface area (Å²) >= 11 is 0. The van der Waals surface area contributed by atoms with Crippen LogP contribution >= 0.6 is 0 Å². The van der Waals surface area contributed by atoms with Crippen LogP contribution in [0.1, 0.15) is 29.9 Å². The van der Waals surface area contributed by atoms with Crippen LogP contribution in [0.4, 0.5) is 13.2 Å². The molecule has 0 fully saturated rings. The molecule has 0 bridgehead atoms. The number of ether oxygens (including phenoxy) is 1. The van der Waals surface area contributed by atoms with Crippen LogP contribution in [0, 0.1) is 0 Å². The first-order valence-corrected chi connectivity index (χ1v) is 5.89. The van der Waals surface area contributed by atoms with Crippen LogP contribution < -0.4 is 0 Å². The third kappa shape index (κ3) is 2.80. The maximum absolute atomic E-state index is 12.5. The first kappa shape index (κ1) is 13.6. The third-order valence-corrected chi connectivity index (χ3v) is 3.26. The zero-order valence-electron chi connectivity index (χ0n) is 10.3. The molecule has 0 heterocycles. The highest BCUT2D eigenvalue weighted by atomic mass is 19.4. The van der Waals surface area contributed by atoms with Gasteiger partial charge in [0.2, 0.25) is 0 Å². The molecular weight excluding hydrogens is 257 g/mol. The Morgan fingerprint density at radius 1 is 1.26 bits per heavy atom. The monoisotopic (exact) mass is 270 g/mol. The molecule has 1 aliphatic rings. The van der Waals surface area contributed by atoms with Crippen LogP contribution in [0.3, 0.4) is 0 Å². The Hall–Kier alpha value is -1.78. The molecule has 19 heavy (non-hydrogen) atoms. The SMILES string of the molecule is COC(=O)C1=CCC[C@H]1c1ccc(C(F)(F)F)cc1.